The Bertz CT molecular complexity index is 2050. The van der Waals surface area contributed by atoms with E-state index in [1.807, 2.05) is 0 Å². The molecule has 9 atom stereocenters. The zero-order chi connectivity index (χ0) is 51.5. The third-order valence-corrected chi connectivity index (χ3v) is 13.6. The van der Waals surface area contributed by atoms with Gasteiger partial charge in [0.15, 0.2) is 0 Å². The molecule has 3 rings (SSSR count). The summed E-state index contributed by atoms with van der Waals surface area (Å²) in [4.78, 5) is 148. The highest BCUT2D eigenvalue weighted by Crippen LogP contribution is 2.26. The van der Waals surface area contributed by atoms with E-state index in [1.54, 1.807) is 27.7 Å². The zero-order valence-corrected chi connectivity index (χ0v) is 40.6. The maximum absolute atomic E-state index is 14.5. The van der Waals surface area contributed by atoms with Gasteiger partial charge in [0.25, 0.3) is 0 Å². The number of carbonyl (C=O) groups excluding carboxylic acids is 11. The van der Waals surface area contributed by atoms with Crippen LogP contribution in [0.3, 0.4) is 0 Å². The van der Waals surface area contributed by atoms with Gasteiger partial charge in [0.1, 0.15) is 54.1 Å². The van der Waals surface area contributed by atoms with Crippen molar-refractivity contribution in [1.29, 1.82) is 0 Å². The van der Waals surface area contributed by atoms with Gasteiger partial charge >= 0.3 is 0 Å². The van der Waals surface area contributed by atoms with Gasteiger partial charge in [0.2, 0.25) is 65.0 Å². The largest absolute Gasteiger partial charge is 0.508 e. The van der Waals surface area contributed by atoms with E-state index in [0.29, 0.717) is 18.4 Å². The van der Waals surface area contributed by atoms with Crippen molar-refractivity contribution in [3.63, 3.8) is 0 Å². The number of benzene rings is 1. The second-order valence-electron chi connectivity index (χ2n) is 17.3. The first kappa shape index (κ1) is 57.2. The highest BCUT2D eigenvalue weighted by atomic mass is 33.1. The number of hydrogen-bond donors (Lipinski definition) is 12. The van der Waals surface area contributed by atoms with Crippen LogP contribution in [-0.2, 0) is 59.2 Å². The maximum Gasteiger partial charge on any atom is 0.250 e. The van der Waals surface area contributed by atoms with Crippen LogP contribution in [0.4, 0.5) is 0 Å². The van der Waals surface area contributed by atoms with E-state index in [1.165, 1.54) is 29.2 Å². The van der Waals surface area contributed by atoms with E-state index < -0.39 is 145 Å². The molecule has 2 saturated heterocycles. The van der Waals surface area contributed by atoms with Gasteiger partial charge in [-0.3, -0.25) is 52.7 Å². The minimum Gasteiger partial charge on any atom is -0.508 e. The Morgan fingerprint density at radius 1 is 0.783 bits per heavy atom. The predicted molar refractivity (Wildman–Crippen MR) is 252 cm³/mol. The second kappa shape index (κ2) is 27.7. The molecule has 1 aromatic carbocycles. The number of amides is 11. The van der Waals surface area contributed by atoms with Crippen LogP contribution in [-0.4, -0.2) is 153 Å². The summed E-state index contributed by atoms with van der Waals surface area (Å²) in [5.41, 5.74) is 16.6. The highest BCUT2D eigenvalue weighted by Gasteiger charge is 2.41. The summed E-state index contributed by atoms with van der Waals surface area (Å²) in [7, 11) is 1.84. The molecule has 2 aliphatic rings. The summed E-state index contributed by atoms with van der Waals surface area (Å²) in [5.74, 6) is -11.2. The molecule has 0 bridgehead atoms. The van der Waals surface area contributed by atoms with E-state index in [0.717, 1.165) is 21.6 Å². The SMILES string of the molecule is CC[C@H](C)[C@@H]1NC(=O)[C@H](Cc2ccc(O)cc2)NC(=O)[C@@H](O)CSSC[C@@H](C(=O)N2CCC[C@H]2C(=O)N[C@@H](CC(C)C)C(=O)NCC(N)=O)NC(=O)[C@H](CC(N)=O)NC(=O)C(CCC(N)=O)NC1=O. The van der Waals surface area contributed by atoms with Crippen molar-refractivity contribution >= 4 is 86.6 Å². The Labute approximate surface area is 407 Å². The van der Waals surface area contributed by atoms with Crippen molar-refractivity contribution in [2.75, 3.05) is 24.6 Å². The number of hydrogen-bond acceptors (Lipinski definition) is 15. The lowest BCUT2D eigenvalue weighted by Crippen LogP contribution is -2.61. The molecule has 382 valence electrons. The summed E-state index contributed by atoms with van der Waals surface area (Å²) in [5, 5.41) is 38.4. The Balaban J connectivity index is 2.05. The minimum absolute atomic E-state index is 0.0297. The van der Waals surface area contributed by atoms with Crippen molar-refractivity contribution in [2.24, 2.45) is 29.0 Å². The summed E-state index contributed by atoms with van der Waals surface area (Å²) < 4.78 is 0. The number of primary amides is 3. The van der Waals surface area contributed by atoms with Gasteiger partial charge in [-0.2, -0.15) is 0 Å². The Morgan fingerprint density at radius 2 is 1.39 bits per heavy atom. The molecule has 15 N–H and O–H groups in total. The molecule has 0 aromatic heterocycles. The number of phenols is 1. The van der Waals surface area contributed by atoms with E-state index in [-0.39, 0.29) is 49.0 Å². The van der Waals surface area contributed by atoms with E-state index in [2.05, 4.69) is 37.2 Å². The lowest BCUT2D eigenvalue weighted by molar-refractivity contribution is -0.142. The average Bonchev–Trinajstić information content (AvgIpc) is 3.78. The molecule has 1 aromatic rings. The van der Waals surface area contributed by atoms with Crippen molar-refractivity contribution < 1.29 is 63.0 Å². The Kier molecular flexibility index (Phi) is 23.0. The van der Waals surface area contributed by atoms with Gasteiger partial charge in [0, 0.05) is 30.9 Å². The first-order chi connectivity index (χ1) is 32.5. The van der Waals surface area contributed by atoms with E-state index in [4.69, 9.17) is 17.2 Å². The number of rotatable bonds is 17. The number of aliphatic hydroxyl groups excluding tert-OH is 1. The van der Waals surface area contributed by atoms with Crippen molar-refractivity contribution in [3.8, 4) is 5.75 Å². The van der Waals surface area contributed by atoms with Crippen molar-refractivity contribution in [3.05, 3.63) is 29.8 Å². The quantitative estimate of drug-likeness (QED) is 0.0672. The summed E-state index contributed by atoms with van der Waals surface area (Å²) in [6.45, 7) is 6.52. The highest BCUT2D eigenvalue weighted by molar-refractivity contribution is 8.76. The average molecular weight is 1010 g/mol. The molecule has 0 aliphatic carbocycles. The number of nitrogens with one attached hydrogen (secondary N) is 7. The fourth-order valence-corrected chi connectivity index (χ4v) is 9.53. The summed E-state index contributed by atoms with van der Waals surface area (Å²) in [6.07, 6.45) is -2.60. The van der Waals surface area contributed by atoms with Crippen LogP contribution < -0.4 is 54.4 Å². The predicted octanol–water partition coefficient (Wildman–Crippen LogP) is -3.58. The molecule has 0 saturated carbocycles. The van der Waals surface area contributed by atoms with Gasteiger partial charge < -0.3 is 69.5 Å². The first-order valence-electron chi connectivity index (χ1n) is 22.5. The number of nitrogens with zero attached hydrogens (tertiary/aromatic N) is 1. The smallest absolute Gasteiger partial charge is 0.250 e. The van der Waals surface area contributed by atoms with Crippen LogP contribution in [0.5, 0.6) is 5.75 Å². The van der Waals surface area contributed by atoms with Crippen molar-refractivity contribution in [1.82, 2.24) is 42.1 Å². The van der Waals surface area contributed by atoms with Gasteiger partial charge in [-0.25, -0.2) is 0 Å². The number of aliphatic hydroxyl groups is 1. The van der Waals surface area contributed by atoms with Crippen LogP contribution in [0.1, 0.15) is 78.2 Å². The number of likely N-dealkylation sites (tertiary alicyclic amines) is 1. The topological polar surface area (TPSA) is 394 Å². The molecule has 0 radical (unpaired) electrons. The summed E-state index contributed by atoms with van der Waals surface area (Å²) >= 11 is 0. The van der Waals surface area contributed by atoms with Gasteiger partial charge in [-0.15, -0.1) is 0 Å². The lowest BCUT2D eigenvalue weighted by Gasteiger charge is -2.31. The molecular formula is C43H65N11O13S2. The first-order valence-corrected chi connectivity index (χ1v) is 25.0. The second-order valence-corrected chi connectivity index (χ2v) is 19.9. The maximum atomic E-state index is 14.5. The fourth-order valence-electron chi connectivity index (χ4n) is 7.32. The van der Waals surface area contributed by atoms with Crippen LogP contribution >= 0.6 is 21.6 Å². The third-order valence-electron chi connectivity index (χ3n) is 11.2. The molecule has 11 amide bonds. The molecule has 0 spiro atoms. The van der Waals surface area contributed by atoms with Gasteiger partial charge in [-0.05, 0) is 55.2 Å². The fraction of sp³-hybridized carbons (Fsp3) is 0.605. The Hall–Kier alpha value is -6.15. The molecule has 24 nitrogen and oxygen atoms in total. The molecule has 2 aliphatic heterocycles. The van der Waals surface area contributed by atoms with E-state index in [9.17, 15) is 63.0 Å². The molecule has 2 heterocycles. The van der Waals surface area contributed by atoms with Gasteiger partial charge in [-0.1, -0.05) is 67.8 Å². The number of nitrogens with two attached hydrogens (primary N) is 3. The van der Waals surface area contributed by atoms with Crippen LogP contribution in [0.15, 0.2) is 24.3 Å². The van der Waals surface area contributed by atoms with E-state index >= 15 is 0 Å². The lowest BCUT2D eigenvalue weighted by atomic mass is 9.96. The monoisotopic (exact) mass is 1010 g/mol. The molecule has 69 heavy (non-hydrogen) atoms. The van der Waals surface area contributed by atoms with Crippen LogP contribution in [0.2, 0.25) is 0 Å². The van der Waals surface area contributed by atoms with Gasteiger partial charge in [0.05, 0.1) is 13.0 Å². The molecule has 1 unspecified atom stereocenters. The van der Waals surface area contributed by atoms with Crippen LogP contribution in [0, 0.1) is 11.8 Å². The number of aromatic hydroxyl groups is 1. The number of carbonyl (C=O) groups is 11. The minimum atomic E-state index is -1.77. The zero-order valence-electron chi connectivity index (χ0n) is 38.9. The van der Waals surface area contributed by atoms with Crippen LogP contribution in [0.25, 0.3) is 0 Å². The normalized spacial score (nSPS) is 24.3. The van der Waals surface area contributed by atoms with Crippen molar-refractivity contribution in [2.45, 2.75) is 127 Å². The molecule has 26 heteroatoms. The molecular weight excluding hydrogens is 943 g/mol. The number of phenolic OH excluding ortho intramolecular Hbond substituents is 1. The summed E-state index contributed by atoms with van der Waals surface area (Å²) in [6, 6.07) is -4.14. The third kappa shape index (κ3) is 18.7. The Morgan fingerprint density at radius 3 is 2.00 bits per heavy atom. The standard InChI is InChI=1S/C43H65N11O13S2/c1-5-22(4)35-42(66)48-25(12-13-32(44)57)37(61)49-28(17-33(45)58)38(62)52-29(19-68-69-20-31(56)41(65)51-27(39(63)53-35)16-23-8-10-24(55)11-9-23)43(67)54-14-6-7-30(54)40(64)50-26(15-21(2)3)36(60)47-18-34(46)59/h8-11,21-22,25-31,35,55-56H,5-7,12-20H2,1-4H3,(H2,44,57)(H2,45,58)(H2,46,59)(H,47,60)(H,48,66)(H,49,61)(H,50,64)(H,51,65)(H,52,62)(H,53,63)/t22-,25?,26-,27-,28-,29-,30-,31-,35-/m0/s1. The molecule has 2 fully saturated rings.